The maximum atomic E-state index is 5.63. The first-order valence-corrected chi connectivity index (χ1v) is 7.37. The number of aliphatic imine (C=N–C) groups is 2. The van der Waals surface area contributed by atoms with Gasteiger partial charge in [0.1, 0.15) is 5.69 Å². The summed E-state index contributed by atoms with van der Waals surface area (Å²) >= 11 is 0. The van der Waals surface area contributed by atoms with Crippen molar-refractivity contribution in [3.63, 3.8) is 0 Å². The molecule has 0 amide bonds. The predicted octanol–water partition coefficient (Wildman–Crippen LogP) is 3.05. The standard InChI is InChI=1S/C18H13N5O/c1-3-20-16-15-13(24-18(16)19-2)10-22-17(23-15)12-8-4-6-11-7-5-9-21-14(11)12/h3-10H,1H2,2H3/b19-18+,20-16-. The summed E-state index contributed by atoms with van der Waals surface area (Å²) in [4.78, 5) is 21.8. The van der Waals surface area contributed by atoms with Crippen LogP contribution in [-0.2, 0) is 0 Å². The van der Waals surface area contributed by atoms with Gasteiger partial charge in [-0.2, -0.15) is 0 Å². The van der Waals surface area contributed by atoms with Gasteiger partial charge in [0, 0.05) is 30.4 Å². The molecule has 0 bridgehead atoms. The third kappa shape index (κ3) is 2.16. The number of fused-ring (bicyclic) bond motifs is 2. The number of pyridine rings is 1. The Hall–Kier alpha value is -3.41. The Bertz CT molecular complexity index is 1020. The fraction of sp³-hybridized carbons (Fsp3) is 0.0556. The molecular formula is C18H13N5O. The zero-order chi connectivity index (χ0) is 16.5. The normalized spacial score (nSPS) is 16.4. The molecule has 3 aromatic rings. The summed E-state index contributed by atoms with van der Waals surface area (Å²) in [7, 11) is 1.64. The summed E-state index contributed by atoms with van der Waals surface area (Å²) in [6.45, 7) is 3.64. The molecule has 0 N–H and O–H groups in total. The van der Waals surface area contributed by atoms with E-state index in [1.165, 1.54) is 6.20 Å². The minimum absolute atomic E-state index is 0.410. The van der Waals surface area contributed by atoms with Crippen molar-refractivity contribution in [2.24, 2.45) is 9.98 Å². The van der Waals surface area contributed by atoms with Crippen molar-refractivity contribution < 1.29 is 4.74 Å². The maximum Gasteiger partial charge on any atom is 0.243 e. The highest BCUT2D eigenvalue weighted by atomic mass is 16.5. The molecule has 3 heterocycles. The molecule has 0 atom stereocenters. The topological polar surface area (TPSA) is 72.6 Å². The Labute approximate surface area is 138 Å². The molecule has 24 heavy (non-hydrogen) atoms. The molecule has 2 aromatic heterocycles. The van der Waals surface area contributed by atoms with Crippen molar-refractivity contribution in [2.45, 2.75) is 0 Å². The van der Waals surface area contributed by atoms with E-state index in [1.807, 2.05) is 30.3 Å². The average molecular weight is 315 g/mol. The fourth-order valence-electron chi connectivity index (χ4n) is 2.64. The first-order chi connectivity index (χ1) is 11.8. The van der Waals surface area contributed by atoms with Crippen LogP contribution < -0.4 is 4.74 Å². The van der Waals surface area contributed by atoms with E-state index in [0.717, 1.165) is 16.5 Å². The van der Waals surface area contributed by atoms with Crippen molar-refractivity contribution in [3.05, 3.63) is 61.2 Å². The zero-order valence-corrected chi connectivity index (χ0v) is 13.0. The lowest BCUT2D eigenvalue weighted by Crippen LogP contribution is -2.13. The van der Waals surface area contributed by atoms with Gasteiger partial charge in [0.2, 0.25) is 5.90 Å². The Kier molecular flexibility index (Phi) is 3.35. The second-order valence-corrected chi connectivity index (χ2v) is 5.08. The second kappa shape index (κ2) is 5.66. The van der Waals surface area contributed by atoms with E-state index < -0.39 is 0 Å². The van der Waals surface area contributed by atoms with Crippen LogP contribution in [0.15, 0.2) is 65.5 Å². The molecule has 0 saturated heterocycles. The van der Waals surface area contributed by atoms with Crippen LogP contribution >= 0.6 is 0 Å². The van der Waals surface area contributed by atoms with Crippen LogP contribution in [0.5, 0.6) is 5.75 Å². The van der Waals surface area contributed by atoms with Crippen molar-refractivity contribution in [2.75, 3.05) is 7.05 Å². The number of nitrogens with zero attached hydrogens (tertiary/aromatic N) is 5. The number of hydrogen-bond acceptors (Lipinski definition) is 6. The maximum absolute atomic E-state index is 5.63. The monoisotopic (exact) mass is 315 g/mol. The largest absolute Gasteiger partial charge is 0.433 e. The fourth-order valence-corrected chi connectivity index (χ4v) is 2.64. The van der Waals surface area contributed by atoms with E-state index in [2.05, 4.69) is 31.5 Å². The van der Waals surface area contributed by atoms with Gasteiger partial charge in [-0.05, 0) is 12.1 Å². The van der Waals surface area contributed by atoms with E-state index in [4.69, 9.17) is 4.74 Å². The quantitative estimate of drug-likeness (QED) is 0.728. The molecule has 0 radical (unpaired) electrons. The third-order valence-corrected chi connectivity index (χ3v) is 3.69. The van der Waals surface area contributed by atoms with Gasteiger partial charge in [0.25, 0.3) is 0 Å². The van der Waals surface area contributed by atoms with Crippen molar-refractivity contribution in [3.8, 4) is 17.1 Å². The van der Waals surface area contributed by atoms with Gasteiger partial charge in [0.15, 0.2) is 17.3 Å². The SMILES string of the molecule is C=C/N=C1\C(=N/C)Oc2cnc(-c3cccc4cccnc34)nc21. The van der Waals surface area contributed by atoms with Gasteiger partial charge in [-0.1, -0.05) is 24.8 Å². The molecule has 0 fully saturated rings. The van der Waals surface area contributed by atoms with Crippen LogP contribution in [0.3, 0.4) is 0 Å². The Morgan fingerprint density at radius 3 is 2.88 bits per heavy atom. The molecule has 116 valence electrons. The lowest BCUT2D eigenvalue weighted by Gasteiger charge is -2.05. The number of para-hydroxylation sites is 1. The van der Waals surface area contributed by atoms with E-state index in [9.17, 15) is 0 Å². The van der Waals surface area contributed by atoms with E-state index in [1.54, 1.807) is 19.4 Å². The summed E-state index contributed by atoms with van der Waals surface area (Å²) < 4.78 is 5.63. The summed E-state index contributed by atoms with van der Waals surface area (Å²) in [5.74, 6) is 1.51. The molecule has 6 nitrogen and oxygen atoms in total. The number of ether oxygens (including phenoxy) is 1. The van der Waals surface area contributed by atoms with Gasteiger partial charge < -0.3 is 4.74 Å². The highest BCUT2D eigenvalue weighted by molar-refractivity contribution is 6.48. The van der Waals surface area contributed by atoms with Crippen molar-refractivity contribution >= 4 is 22.5 Å². The van der Waals surface area contributed by atoms with Gasteiger partial charge >= 0.3 is 0 Å². The average Bonchev–Trinajstić information content (AvgIpc) is 2.98. The van der Waals surface area contributed by atoms with Gasteiger partial charge in [-0.25, -0.2) is 15.0 Å². The number of rotatable bonds is 2. The number of aromatic nitrogens is 3. The lowest BCUT2D eigenvalue weighted by atomic mass is 10.1. The molecule has 1 aliphatic heterocycles. The van der Waals surface area contributed by atoms with Crippen LogP contribution in [0.1, 0.15) is 5.69 Å². The molecule has 0 saturated carbocycles. The summed E-state index contributed by atoms with van der Waals surface area (Å²) in [5, 5.41) is 1.03. The number of hydrogen-bond donors (Lipinski definition) is 0. The smallest absolute Gasteiger partial charge is 0.243 e. The van der Waals surface area contributed by atoms with Gasteiger partial charge in [-0.3, -0.25) is 9.98 Å². The summed E-state index contributed by atoms with van der Waals surface area (Å²) in [6, 6.07) is 9.84. The first kappa shape index (κ1) is 14.2. The molecule has 6 heteroatoms. The molecule has 0 spiro atoms. The third-order valence-electron chi connectivity index (χ3n) is 3.69. The zero-order valence-electron chi connectivity index (χ0n) is 13.0. The lowest BCUT2D eigenvalue weighted by molar-refractivity contribution is 0.565. The minimum Gasteiger partial charge on any atom is -0.433 e. The van der Waals surface area contributed by atoms with Crippen molar-refractivity contribution in [1.82, 2.24) is 15.0 Å². The van der Waals surface area contributed by atoms with E-state index >= 15 is 0 Å². The Morgan fingerprint density at radius 2 is 2.04 bits per heavy atom. The molecule has 4 rings (SSSR count). The molecule has 1 aromatic carbocycles. The van der Waals surface area contributed by atoms with Crippen LogP contribution in [0, 0.1) is 0 Å². The molecule has 0 aliphatic carbocycles. The van der Waals surface area contributed by atoms with Gasteiger partial charge in [0.05, 0.1) is 11.7 Å². The number of benzene rings is 1. The first-order valence-electron chi connectivity index (χ1n) is 7.37. The molecule has 1 aliphatic rings. The molecular weight excluding hydrogens is 302 g/mol. The highest BCUT2D eigenvalue weighted by Gasteiger charge is 2.29. The molecule has 0 unspecified atom stereocenters. The highest BCUT2D eigenvalue weighted by Crippen LogP contribution is 2.29. The van der Waals surface area contributed by atoms with Crippen LogP contribution in [0.25, 0.3) is 22.3 Å². The minimum atomic E-state index is 0.410. The predicted molar refractivity (Wildman–Crippen MR) is 93.5 cm³/mol. The van der Waals surface area contributed by atoms with E-state index in [-0.39, 0.29) is 0 Å². The van der Waals surface area contributed by atoms with Crippen LogP contribution in [0.4, 0.5) is 0 Å². The second-order valence-electron chi connectivity index (χ2n) is 5.08. The van der Waals surface area contributed by atoms with Crippen LogP contribution in [0.2, 0.25) is 0 Å². The Balaban J connectivity index is 1.92. The van der Waals surface area contributed by atoms with Gasteiger partial charge in [-0.15, -0.1) is 0 Å². The van der Waals surface area contributed by atoms with Crippen LogP contribution in [-0.4, -0.2) is 33.6 Å². The summed E-state index contributed by atoms with van der Waals surface area (Å²) in [5.41, 5.74) is 2.87. The van der Waals surface area contributed by atoms with Crippen molar-refractivity contribution in [1.29, 1.82) is 0 Å². The Morgan fingerprint density at radius 1 is 1.17 bits per heavy atom. The summed E-state index contributed by atoms with van der Waals surface area (Å²) in [6.07, 6.45) is 4.84. The van der Waals surface area contributed by atoms with E-state index in [0.29, 0.717) is 28.9 Å².